The monoisotopic (exact) mass is 407 g/mol. The van der Waals surface area contributed by atoms with E-state index in [4.69, 9.17) is 27.2 Å². The van der Waals surface area contributed by atoms with Gasteiger partial charge >= 0.3 is 6.18 Å². The number of ether oxygens (including phenoxy) is 1. The first kappa shape index (κ1) is 20.1. The summed E-state index contributed by atoms with van der Waals surface area (Å²) >= 11 is 5.95. The predicted octanol–water partition coefficient (Wildman–Crippen LogP) is 2.89. The Morgan fingerprint density at radius 2 is 2.11 bits per heavy atom. The van der Waals surface area contributed by atoms with Crippen molar-refractivity contribution in [3.8, 4) is 0 Å². The van der Waals surface area contributed by atoms with E-state index in [1.807, 2.05) is 0 Å². The third-order valence-corrected chi connectivity index (χ3v) is 5.10. The van der Waals surface area contributed by atoms with Gasteiger partial charge in [-0.1, -0.05) is 18.0 Å². The molecule has 3 N–H and O–H groups in total. The Bertz CT molecular complexity index is 788. The number of hydrogen-bond acceptors (Lipinski definition) is 6. The Morgan fingerprint density at radius 3 is 2.59 bits per heavy atom. The highest BCUT2D eigenvalue weighted by molar-refractivity contribution is 6.32. The molecule has 150 valence electrons. The number of imidazole rings is 1. The van der Waals surface area contributed by atoms with Gasteiger partial charge in [-0.15, -0.1) is 5.10 Å². The topological polar surface area (TPSA) is 98.6 Å². The second kappa shape index (κ2) is 7.76. The summed E-state index contributed by atoms with van der Waals surface area (Å²) in [6, 6.07) is 0. The number of nitrogens with zero attached hydrogens (tertiary/aromatic N) is 4. The summed E-state index contributed by atoms with van der Waals surface area (Å²) in [5, 5.41) is 12.8. The van der Waals surface area contributed by atoms with E-state index in [1.165, 1.54) is 10.7 Å². The molecule has 0 spiro atoms. The van der Waals surface area contributed by atoms with E-state index in [2.05, 4.69) is 15.1 Å². The van der Waals surface area contributed by atoms with Crippen molar-refractivity contribution in [2.24, 2.45) is 0 Å². The highest BCUT2D eigenvalue weighted by atomic mass is 35.5. The largest absolute Gasteiger partial charge is 0.391 e. The van der Waals surface area contributed by atoms with Crippen LogP contribution < -0.4 is 5.73 Å². The molecule has 0 amide bonds. The van der Waals surface area contributed by atoms with Gasteiger partial charge in [0.25, 0.3) is 0 Å². The van der Waals surface area contributed by atoms with Crippen molar-refractivity contribution >= 4 is 23.1 Å². The van der Waals surface area contributed by atoms with Crippen LogP contribution in [0.15, 0.2) is 6.20 Å². The minimum Gasteiger partial charge on any atom is -0.391 e. The predicted molar refractivity (Wildman–Crippen MR) is 92.5 cm³/mol. The molecule has 2 aromatic heterocycles. The zero-order valence-electron chi connectivity index (χ0n) is 14.5. The number of hydrogen-bond donors (Lipinski definition) is 2. The van der Waals surface area contributed by atoms with Gasteiger partial charge in [0.15, 0.2) is 5.15 Å². The maximum absolute atomic E-state index is 12.8. The maximum atomic E-state index is 12.8. The van der Waals surface area contributed by atoms with E-state index >= 15 is 0 Å². The summed E-state index contributed by atoms with van der Waals surface area (Å²) in [5.41, 5.74) is 4.80. The third-order valence-electron chi connectivity index (χ3n) is 4.83. The fourth-order valence-corrected chi connectivity index (χ4v) is 3.61. The lowest BCUT2D eigenvalue weighted by atomic mass is 9.66. The second-order valence-electron chi connectivity index (χ2n) is 6.94. The van der Waals surface area contributed by atoms with E-state index < -0.39 is 18.0 Å². The van der Waals surface area contributed by atoms with Crippen LogP contribution in [0.4, 0.5) is 19.1 Å². The fourth-order valence-electron chi connectivity index (χ4n) is 3.40. The molecule has 1 unspecified atom stereocenters. The number of aliphatic hydroxyl groups excluding tert-OH is 1. The van der Waals surface area contributed by atoms with E-state index in [0.29, 0.717) is 25.0 Å². The second-order valence-corrected chi connectivity index (χ2v) is 7.29. The Morgan fingerprint density at radius 1 is 1.37 bits per heavy atom. The highest BCUT2D eigenvalue weighted by Gasteiger charge is 2.50. The van der Waals surface area contributed by atoms with Crippen molar-refractivity contribution in [1.29, 1.82) is 0 Å². The summed E-state index contributed by atoms with van der Waals surface area (Å²) in [7, 11) is 0. The van der Waals surface area contributed by atoms with Crippen LogP contribution in [-0.4, -0.2) is 50.2 Å². The number of halogens is 4. The van der Waals surface area contributed by atoms with Gasteiger partial charge in [-0.25, -0.2) is 14.5 Å². The quantitative estimate of drug-likeness (QED) is 0.794. The molecular formula is C16H21ClF3N5O2. The van der Waals surface area contributed by atoms with E-state index in [-0.39, 0.29) is 23.0 Å². The lowest BCUT2D eigenvalue weighted by molar-refractivity contribution is -0.156. The van der Waals surface area contributed by atoms with Crippen molar-refractivity contribution in [2.45, 2.75) is 56.2 Å². The number of aromatic nitrogens is 4. The van der Waals surface area contributed by atoms with Crippen molar-refractivity contribution in [3.63, 3.8) is 0 Å². The van der Waals surface area contributed by atoms with Crippen molar-refractivity contribution < 1.29 is 23.0 Å². The highest BCUT2D eigenvalue weighted by Crippen LogP contribution is 2.50. The number of anilines is 1. The number of nitrogens with two attached hydrogens (primary N) is 1. The van der Waals surface area contributed by atoms with E-state index in [1.54, 1.807) is 0 Å². The normalized spacial score (nSPS) is 22.0. The summed E-state index contributed by atoms with van der Waals surface area (Å²) in [4.78, 5) is 7.86. The van der Waals surface area contributed by atoms with Crippen LogP contribution in [-0.2, 0) is 10.2 Å². The third kappa shape index (κ3) is 4.61. The van der Waals surface area contributed by atoms with E-state index in [0.717, 1.165) is 25.9 Å². The van der Waals surface area contributed by atoms with E-state index in [9.17, 15) is 13.2 Å². The fraction of sp³-hybridized carbons (Fsp3) is 0.688. The minimum atomic E-state index is -4.27. The Balaban J connectivity index is 0.000000253. The van der Waals surface area contributed by atoms with Gasteiger partial charge in [0.05, 0.1) is 25.3 Å². The number of fused-ring (bicyclic) bond motifs is 1. The Kier molecular flexibility index (Phi) is 5.78. The van der Waals surface area contributed by atoms with Crippen LogP contribution in [0.1, 0.15) is 44.3 Å². The molecule has 4 rings (SSSR count). The standard InChI is InChI=1S/C11H11ClF3N5.C5H10O2/c12-7-6-4-17-9(16)19-20(6)8(18-7)10(2-1-3-10)5-11(13,14)15;6-5-2-1-3-7-4-5/h4H,1-3,5H2,(H2,16,19);5-6H,1-4H2. The van der Waals surface area contributed by atoms with Crippen molar-refractivity contribution in [2.75, 3.05) is 18.9 Å². The van der Waals surface area contributed by atoms with Gasteiger partial charge < -0.3 is 15.6 Å². The maximum Gasteiger partial charge on any atom is 0.390 e. The zero-order chi connectivity index (χ0) is 19.7. The average molecular weight is 408 g/mol. The molecule has 0 aromatic carbocycles. The molecule has 0 radical (unpaired) electrons. The van der Waals surface area contributed by atoms with Gasteiger partial charge in [0, 0.05) is 12.0 Å². The van der Waals surface area contributed by atoms with Gasteiger partial charge in [0.2, 0.25) is 5.95 Å². The van der Waals surface area contributed by atoms with Crippen LogP contribution >= 0.6 is 11.6 Å². The van der Waals surface area contributed by atoms with Crippen LogP contribution in [0, 0.1) is 0 Å². The molecule has 1 saturated heterocycles. The first-order valence-electron chi connectivity index (χ1n) is 8.70. The van der Waals surface area contributed by atoms with Crippen LogP contribution in [0.3, 0.4) is 0 Å². The van der Waals surface area contributed by atoms with Crippen LogP contribution in [0.2, 0.25) is 5.15 Å². The molecule has 3 heterocycles. The van der Waals surface area contributed by atoms with Gasteiger partial charge in [-0.2, -0.15) is 13.2 Å². The molecule has 1 aliphatic heterocycles. The van der Waals surface area contributed by atoms with Gasteiger partial charge in [-0.05, 0) is 25.7 Å². The molecule has 7 nitrogen and oxygen atoms in total. The number of rotatable bonds is 2. The molecule has 2 fully saturated rings. The smallest absolute Gasteiger partial charge is 0.390 e. The first-order chi connectivity index (χ1) is 12.7. The van der Waals surface area contributed by atoms with Gasteiger partial charge in [-0.3, -0.25) is 0 Å². The zero-order valence-corrected chi connectivity index (χ0v) is 15.3. The van der Waals surface area contributed by atoms with Crippen LogP contribution in [0.25, 0.3) is 5.52 Å². The van der Waals surface area contributed by atoms with Gasteiger partial charge in [0.1, 0.15) is 11.3 Å². The Labute approximate surface area is 158 Å². The molecule has 27 heavy (non-hydrogen) atoms. The molecular weight excluding hydrogens is 387 g/mol. The number of alkyl halides is 3. The number of aliphatic hydroxyl groups is 1. The molecule has 2 aliphatic rings. The summed E-state index contributed by atoms with van der Waals surface area (Å²) in [6.45, 7) is 1.37. The molecule has 1 atom stereocenters. The van der Waals surface area contributed by atoms with Crippen LogP contribution in [0.5, 0.6) is 0 Å². The minimum absolute atomic E-state index is 0.0331. The summed E-state index contributed by atoms with van der Waals surface area (Å²) in [6.07, 6.45) is -0.548. The SMILES string of the molecule is Nc1ncc2c(Cl)nc(C3(CC(F)(F)F)CCC3)n2n1.OC1CCCOC1. The Hall–Kier alpha value is -1.65. The summed E-state index contributed by atoms with van der Waals surface area (Å²) < 4.78 is 44.7. The van der Waals surface area contributed by atoms with Crippen molar-refractivity contribution in [1.82, 2.24) is 19.6 Å². The number of nitrogen functional groups attached to an aromatic ring is 1. The molecule has 1 saturated carbocycles. The molecule has 2 aromatic rings. The summed E-state index contributed by atoms with van der Waals surface area (Å²) in [5.74, 6) is 0.185. The average Bonchev–Trinajstić information content (AvgIpc) is 2.88. The molecule has 11 heteroatoms. The molecule has 1 aliphatic carbocycles. The lowest BCUT2D eigenvalue weighted by Gasteiger charge is -2.40. The molecule has 0 bridgehead atoms. The van der Waals surface area contributed by atoms with Crippen molar-refractivity contribution in [3.05, 3.63) is 17.2 Å². The lowest BCUT2D eigenvalue weighted by Crippen LogP contribution is -2.40. The first-order valence-corrected chi connectivity index (χ1v) is 9.08.